The number of ether oxygens (including phenoxy) is 1. The van der Waals surface area contributed by atoms with Gasteiger partial charge in [-0.2, -0.15) is 9.41 Å². The Balaban J connectivity index is 1.93. The molecule has 0 aliphatic carbocycles. The molecule has 1 N–H and O–H groups in total. The molecule has 0 radical (unpaired) electrons. The highest BCUT2D eigenvalue weighted by molar-refractivity contribution is 7.89. The summed E-state index contributed by atoms with van der Waals surface area (Å²) in [5.74, 6) is -0.435. The van der Waals surface area contributed by atoms with Gasteiger partial charge in [-0.1, -0.05) is 12.1 Å². The zero-order valence-corrected chi connectivity index (χ0v) is 15.4. The molecular formula is C17H17FN4O5S. The predicted octanol–water partition coefficient (Wildman–Crippen LogP) is 2.20. The lowest BCUT2D eigenvalue weighted by molar-refractivity contribution is -0.385. The minimum absolute atomic E-state index is 0.0738. The first kappa shape index (κ1) is 19.9. The van der Waals surface area contributed by atoms with Gasteiger partial charge in [0, 0.05) is 25.2 Å². The summed E-state index contributed by atoms with van der Waals surface area (Å²) in [6.45, 7) is 0.789. The van der Waals surface area contributed by atoms with Gasteiger partial charge >= 0.3 is 0 Å². The molecular weight excluding hydrogens is 391 g/mol. The maximum atomic E-state index is 13.2. The van der Waals surface area contributed by atoms with Crippen molar-refractivity contribution in [2.24, 2.45) is 5.10 Å². The molecule has 28 heavy (non-hydrogen) atoms. The Kier molecular flexibility index (Phi) is 5.97. The summed E-state index contributed by atoms with van der Waals surface area (Å²) in [6, 6.07) is 9.12. The molecule has 2 aromatic rings. The highest BCUT2D eigenvalue weighted by Gasteiger charge is 2.30. The fourth-order valence-electron chi connectivity index (χ4n) is 2.62. The molecule has 1 aliphatic heterocycles. The van der Waals surface area contributed by atoms with Crippen LogP contribution in [0.1, 0.15) is 5.56 Å². The molecule has 11 heteroatoms. The third kappa shape index (κ3) is 4.50. The summed E-state index contributed by atoms with van der Waals surface area (Å²) in [7, 11) is -4.00. The number of sulfonamides is 1. The first-order chi connectivity index (χ1) is 13.4. The molecule has 0 atom stereocenters. The second kappa shape index (κ2) is 8.42. The smallest absolute Gasteiger partial charge is 0.270 e. The van der Waals surface area contributed by atoms with E-state index in [2.05, 4.69) is 10.5 Å². The standard InChI is InChI=1S/C17H17FN4O5S/c18-14-3-1-2-13(10-14)12-19-20-16-5-4-15(22(23)24)11-17(16)28(25,26)21-6-8-27-9-7-21/h1-5,10-12,20H,6-9H2/b19-12+. The fourth-order valence-corrected chi connectivity index (χ4v) is 4.19. The van der Waals surface area contributed by atoms with Crippen molar-refractivity contribution in [1.29, 1.82) is 0 Å². The average molecular weight is 408 g/mol. The molecule has 0 unspecified atom stereocenters. The summed E-state index contributed by atoms with van der Waals surface area (Å²) in [5.41, 5.74) is 2.76. The molecule has 0 amide bonds. The Bertz CT molecular complexity index is 1010. The number of hydrogen-bond donors (Lipinski definition) is 1. The van der Waals surface area contributed by atoms with Crippen LogP contribution >= 0.6 is 0 Å². The molecule has 1 heterocycles. The highest BCUT2D eigenvalue weighted by Crippen LogP contribution is 2.29. The van der Waals surface area contributed by atoms with Gasteiger partial charge in [0.05, 0.1) is 30.0 Å². The summed E-state index contributed by atoms with van der Waals surface area (Å²) in [4.78, 5) is 10.2. The lowest BCUT2D eigenvalue weighted by atomic mass is 10.2. The SMILES string of the molecule is O=[N+]([O-])c1ccc(N/N=C/c2cccc(F)c2)c(S(=O)(=O)N2CCOCC2)c1. The minimum Gasteiger partial charge on any atom is -0.379 e. The fraction of sp³-hybridized carbons (Fsp3) is 0.235. The Morgan fingerprint density at radius 1 is 1.21 bits per heavy atom. The lowest BCUT2D eigenvalue weighted by Gasteiger charge is -2.26. The molecule has 9 nitrogen and oxygen atoms in total. The molecule has 2 aromatic carbocycles. The van der Waals surface area contributed by atoms with Crippen molar-refractivity contribution in [2.45, 2.75) is 4.90 Å². The Labute approximate surface area is 160 Å². The van der Waals surface area contributed by atoms with Crippen LogP contribution in [0.5, 0.6) is 0 Å². The van der Waals surface area contributed by atoms with Crippen LogP contribution in [0.25, 0.3) is 0 Å². The van der Waals surface area contributed by atoms with Crippen LogP contribution in [0, 0.1) is 15.9 Å². The van der Waals surface area contributed by atoms with Gasteiger partial charge in [0.15, 0.2) is 0 Å². The maximum absolute atomic E-state index is 13.2. The number of nitro groups is 1. The zero-order valence-electron chi connectivity index (χ0n) is 14.6. The number of hydrogen-bond acceptors (Lipinski definition) is 7. The van der Waals surface area contributed by atoms with E-state index in [9.17, 15) is 22.9 Å². The molecule has 3 rings (SSSR count). The summed E-state index contributed by atoms with van der Waals surface area (Å²) in [5, 5.41) is 15.0. The van der Waals surface area contributed by atoms with E-state index in [0.717, 1.165) is 6.07 Å². The number of rotatable bonds is 6. The van der Waals surface area contributed by atoms with E-state index >= 15 is 0 Å². The first-order valence-electron chi connectivity index (χ1n) is 8.29. The van der Waals surface area contributed by atoms with Gasteiger partial charge < -0.3 is 4.74 Å². The average Bonchev–Trinajstić information content (AvgIpc) is 2.68. The Morgan fingerprint density at radius 2 is 1.96 bits per heavy atom. The number of nitrogens with zero attached hydrogens (tertiary/aromatic N) is 3. The van der Waals surface area contributed by atoms with Gasteiger partial charge in [0.1, 0.15) is 10.7 Å². The van der Waals surface area contributed by atoms with Crippen molar-refractivity contribution in [3.8, 4) is 0 Å². The zero-order chi connectivity index (χ0) is 20.1. The lowest BCUT2D eigenvalue weighted by Crippen LogP contribution is -2.40. The summed E-state index contributed by atoms with van der Waals surface area (Å²) < 4.78 is 45.5. The third-order valence-corrected chi connectivity index (χ3v) is 5.95. The molecule has 1 fully saturated rings. The van der Waals surface area contributed by atoms with Crippen molar-refractivity contribution in [3.05, 3.63) is 64.0 Å². The van der Waals surface area contributed by atoms with Crippen LogP contribution in [-0.4, -0.2) is 50.2 Å². The minimum atomic E-state index is -4.00. The van der Waals surface area contributed by atoms with Gasteiger partial charge in [0.2, 0.25) is 10.0 Å². The van der Waals surface area contributed by atoms with Gasteiger partial charge in [0.25, 0.3) is 5.69 Å². The van der Waals surface area contributed by atoms with E-state index in [4.69, 9.17) is 4.74 Å². The van der Waals surface area contributed by atoms with Crippen LogP contribution in [0.15, 0.2) is 52.5 Å². The van der Waals surface area contributed by atoms with Crippen molar-refractivity contribution in [3.63, 3.8) is 0 Å². The van der Waals surface area contributed by atoms with Crippen molar-refractivity contribution in [1.82, 2.24) is 4.31 Å². The van der Waals surface area contributed by atoms with Gasteiger partial charge in [-0.05, 0) is 23.8 Å². The summed E-state index contributed by atoms with van der Waals surface area (Å²) >= 11 is 0. The second-order valence-corrected chi connectivity index (χ2v) is 7.79. The van der Waals surface area contributed by atoms with E-state index in [1.807, 2.05) is 0 Å². The highest BCUT2D eigenvalue weighted by atomic mass is 32.2. The second-order valence-electron chi connectivity index (χ2n) is 5.88. The van der Waals surface area contributed by atoms with Crippen LogP contribution in [0.3, 0.4) is 0 Å². The molecule has 148 valence electrons. The Morgan fingerprint density at radius 3 is 2.64 bits per heavy atom. The van der Waals surface area contributed by atoms with Crippen LogP contribution in [-0.2, 0) is 14.8 Å². The van der Waals surface area contributed by atoms with E-state index in [1.165, 1.54) is 40.9 Å². The number of benzene rings is 2. The number of anilines is 1. The van der Waals surface area contributed by atoms with E-state index in [0.29, 0.717) is 5.56 Å². The quantitative estimate of drug-likeness (QED) is 0.445. The molecule has 0 bridgehead atoms. The normalized spacial score (nSPS) is 15.6. The number of nitrogens with one attached hydrogen (secondary N) is 1. The first-order valence-corrected chi connectivity index (χ1v) is 9.73. The van der Waals surface area contributed by atoms with Crippen LogP contribution in [0.4, 0.5) is 15.8 Å². The van der Waals surface area contributed by atoms with Crippen molar-refractivity contribution >= 4 is 27.6 Å². The number of halogens is 1. The Hall–Kier alpha value is -2.89. The molecule has 0 saturated carbocycles. The third-order valence-electron chi connectivity index (χ3n) is 4.01. The van der Waals surface area contributed by atoms with Gasteiger partial charge in [-0.25, -0.2) is 12.8 Å². The van der Waals surface area contributed by atoms with Gasteiger partial charge in [-0.3, -0.25) is 15.5 Å². The van der Waals surface area contributed by atoms with Crippen molar-refractivity contribution in [2.75, 3.05) is 31.7 Å². The largest absolute Gasteiger partial charge is 0.379 e. The topological polar surface area (TPSA) is 114 Å². The van der Waals surface area contributed by atoms with Gasteiger partial charge in [-0.15, -0.1) is 0 Å². The molecule has 1 aliphatic rings. The number of non-ortho nitro benzene ring substituents is 1. The number of hydrazone groups is 1. The maximum Gasteiger partial charge on any atom is 0.270 e. The van der Waals surface area contributed by atoms with E-state index in [-0.39, 0.29) is 42.6 Å². The number of morpholine rings is 1. The van der Waals surface area contributed by atoms with Crippen LogP contribution < -0.4 is 5.43 Å². The van der Waals surface area contributed by atoms with E-state index < -0.39 is 20.8 Å². The molecule has 0 aromatic heterocycles. The predicted molar refractivity (Wildman–Crippen MR) is 100 cm³/mol. The molecule has 0 spiro atoms. The van der Waals surface area contributed by atoms with E-state index in [1.54, 1.807) is 6.07 Å². The van der Waals surface area contributed by atoms with Crippen molar-refractivity contribution < 1.29 is 22.5 Å². The number of nitro benzene ring substituents is 1. The monoisotopic (exact) mass is 408 g/mol. The summed E-state index contributed by atoms with van der Waals surface area (Å²) in [6.07, 6.45) is 1.32. The van der Waals surface area contributed by atoms with Crippen LogP contribution in [0.2, 0.25) is 0 Å². The molecule has 1 saturated heterocycles.